The molecule has 1 fully saturated rings. The lowest BCUT2D eigenvalue weighted by Crippen LogP contribution is -2.26. The molecule has 1 N–H and O–H groups in total. The highest BCUT2D eigenvalue weighted by Crippen LogP contribution is 2.63. The lowest BCUT2D eigenvalue weighted by Gasteiger charge is -2.13. The molecule has 0 radical (unpaired) electrons. The van der Waals surface area contributed by atoms with Crippen LogP contribution in [0.15, 0.2) is 11.0 Å². The third kappa shape index (κ3) is 2.06. The van der Waals surface area contributed by atoms with E-state index in [4.69, 9.17) is 11.6 Å². The van der Waals surface area contributed by atoms with Crippen LogP contribution in [0.1, 0.15) is 47.6 Å². The third-order valence-corrected chi connectivity index (χ3v) is 5.12. The van der Waals surface area contributed by atoms with Crippen LogP contribution in [0.25, 0.3) is 0 Å². The highest BCUT2D eigenvalue weighted by molar-refractivity contribution is 6.32. The van der Waals surface area contributed by atoms with Gasteiger partial charge in [0, 0.05) is 6.04 Å². The number of hydrogen-bond donors (Lipinski definition) is 1. The van der Waals surface area contributed by atoms with Gasteiger partial charge >= 0.3 is 0 Å². The van der Waals surface area contributed by atoms with Gasteiger partial charge in [0.2, 0.25) is 0 Å². The molecule has 106 valence electrons. The van der Waals surface area contributed by atoms with Crippen LogP contribution in [0.2, 0.25) is 5.02 Å². The first-order chi connectivity index (χ1) is 8.60. The molecular weight excluding hydrogens is 262 g/mol. The first-order valence-electron chi connectivity index (χ1n) is 6.64. The van der Waals surface area contributed by atoms with Crippen LogP contribution in [0, 0.1) is 10.8 Å². The van der Waals surface area contributed by atoms with Crippen molar-refractivity contribution in [1.82, 2.24) is 9.78 Å². The molecule has 1 heterocycles. The zero-order valence-electron chi connectivity index (χ0n) is 12.4. The Morgan fingerprint density at radius 1 is 1.32 bits per heavy atom. The summed E-state index contributed by atoms with van der Waals surface area (Å²) in [5, 5.41) is 7.76. The minimum atomic E-state index is -0.238. The third-order valence-electron chi connectivity index (χ3n) is 4.75. The molecule has 0 aliphatic heterocycles. The Balaban J connectivity index is 2.30. The van der Waals surface area contributed by atoms with Crippen LogP contribution in [0.4, 0.5) is 5.69 Å². The smallest absolute Gasteiger partial charge is 0.287 e. The molecule has 0 atom stereocenters. The summed E-state index contributed by atoms with van der Waals surface area (Å²) in [5.41, 5.74) is 0.761. The number of nitrogens with one attached hydrogen (secondary N) is 1. The topological polar surface area (TPSA) is 46.9 Å². The second kappa shape index (κ2) is 4.23. The molecule has 1 aromatic rings. The first-order valence-corrected chi connectivity index (χ1v) is 7.02. The van der Waals surface area contributed by atoms with Crippen molar-refractivity contribution in [3.8, 4) is 0 Å². The van der Waals surface area contributed by atoms with Crippen LogP contribution in [0.5, 0.6) is 0 Å². The summed E-state index contributed by atoms with van der Waals surface area (Å²) in [7, 11) is 0. The average molecular weight is 284 g/mol. The Morgan fingerprint density at radius 2 is 1.84 bits per heavy atom. The van der Waals surface area contributed by atoms with Crippen LogP contribution < -0.4 is 10.9 Å². The van der Waals surface area contributed by atoms with Gasteiger partial charge in [-0.05, 0) is 24.7 Å². The van der Waals surface area contributed by atoms with Gasteiger partial charge in [0.15, 0.2) is 0 Å². The second-order valence-corrected chi connectivity index (χ2v) is 7.11. The maximum Gasteiger partial charge on any atom is 0.287 e. The molecule has 4 nitrogen and oxygen atoms in total. The number of halogens is 1. The van der Waals surface area contributed by atoms with E-state index in [1.807, 2.05) is 13.8 Å². The van der Waals surface area contributed by atoms with Gasteiger partial charge in [0.1, 0.15) is 5.02 Å². The normalized spacial score (nSPS) is 20.6. The van der Waals surface area contributed by atoms with Crippen molar-refractivity contribution in [2.24, 2.45) is 10.8 Å². The van der Waals surface area contributed by atoms with Gasteiger partial charge in [-0.25, -0.2) is 4.68 Å². The molecule has 0 bridgehead atoms. The fourth-order valence-corrected chi connectivity index (χ4v) is 2.82. The Kier molecular flexibility index (Phi) is 3.21. The average Bonchev–Trinajstić information content (AvgIpc) is 2.66. The lowest BCUT2D eigenvalue weighted by molar-refractivity contribution is 0.457. The van der Waals surface area contributed by atoms with Crippen molar-refractivity contribution in [2.75, 3.05) is 5.32 Å². The van der Waals surface area contributed by atoms with Gasteiger partial charge in [-0.2, -0.15) is 5.10 Å². The van der Waals surface area contributed by atoms with Crippen LogP contribution in [0.3, 0.4) is 0 Å². The van der Waals surface area contributed by atoms with Gasteiger partial charge in [0.05, 0.1) is 17.9 Å². The van der Waals surface area contributed by atoms with E-state index in [9.17, 15) is 4.79 Å². The minimum Gasteiger partial charge on any atom is -0.379 e. The first kappa shape index (κ1) is 14.4. The predicted octanol–water partition coefficient (Wildman–Crippen LogP) is 3.32. The van der Waals surface area contributed by atoms with Crippen molar-refractivity contribution >= 4 is 17.3 Å². The Bertz CT molecular complexity index is 546. The number of nitrogens with zero attached hydrogens (tertiary/aromatic N) is 2. The molecule has 0 saturated heterocycles. The summed E-state index contributed by atoms with van der Waals surface area (Å²) in [6.07, 6.45) is 1.65. The van der Waals surface area contributed by atoms with Crippen molar-refractivity contribution in [1.29, 1.82) is 0 Å². The molecule has 0 spiro atoms. The van der Waals surface area contributed by atoms with Gasteiger partial charge in [-0.3, -0.25) is 4.79 Å². The summed E-state index contributed by atoms with van der Waals surface area (Å²) < 4.78 is 1.40. The minimum absolute atomic E-state index is 0.00727. The number of aromatic nitrogens is 2. The Labute approximate surface area is 119 Å². The van der Waals surface area contributed by atoms with Crippen molar-refractivity contribution in [2.45, 2.75) is 53.6 Å². The van der Waals surface area contributed by atoms with E-state index >= 15 is 0 Å². The molecule has 1 aliphatic rings. The zero-order valence-corrected chi connectivity index (χ0v) is 13.2. The van der Waals surface area contributed by atoms with Gasteiger partial charge in [-0.15, -0.1) is 0 Å². The molecule has 2 rings (SSSR count). The van der Waals surface area contributed by atoms with Gasteiger partial charge in [0.25, 0.3) is 5.56 Å². The van der Waals surface area contributed by atoms with Crippen LogP contribution >= 0.6 is 11.6 Å². The van der Waals surface area contributed by atoms with E-state index < -0.39 is 0 Å². The largest absolute Gasteiger partial charge is 0.379 e. The summed E-state index contributed by atoms with van der Waals surface area (Å²) >= 11 is 6.16. The summed E-state index contributed by atoms with van der Waals surface area (Å²) in [5.74, 6) is 0. The number of hydrogen-bond acceptors (Lipinski definition) is 3. The van der Waals surface area contributed by atoms with Crippen molar-refractivity contribution in [3.05, 3.63) is 21.6 Å². The number of rotatable bonds is 3. The van der Waals surface area contributed by atoms with Crippen molar-refractivity contribution in [3.63, 3.8) is 0 Å². The Morgan fingerprint density at radius 3 is 2.26 bits per heavy atom. The van der Waals surface area contributed by atoms with Gasteiger partial charge < -0.3 is 5.32 Å². The Hall–Kier alpha value is -1.03. The molecular formula is C14H22ClN3O. The molecule has 19 heavy (non-hydrogen) atoms. The number of anilines is 1. The quantitative estimate of drug-likeness (QED) is 0.926. The second-order valence-electron chi connectivity index (χ2n) is 6.74. The van der Waals surface area contributed by atoms with Gasteiger partial charge in [-0.1, -0.05) is 39.3 Å². The van der Waals surface area contributed by atoms with Crippen molar-refractivity contribution < 1.29 is 0 Å². The van der Waals surface area contributed by atoms with Crippen LogP contribution in [-0.4, -0.2) is 15.8 Å². The lowest BCUT2D eigenvalue weighted by atomic mass is 10.0. The monoisotopic (exact) mass is 283 g/mol. The molecule has 1 aliphatic carbocycles. The maximum atomic E-state index is 12.1. The molecule has 0 unspecified atom stereocenters. The fraction of sp³-hybridized carbons (Fsp3) is 0.714. The van der Waals surface area contributed by atoms with E-state index in [-0.39, 0.29) is 27.5 Å². The predicted molar refractivity (Wildman–Crippen MR) is 78.9 cm³/mol. The molecule has 1 saturated carbocycles. The zero-order chi connectivity index (χ0) is 14.6. The highest BCUT2D eigenvalue weighted by atomic mass is 35.5. The van der Waals surface area contributed by atoms with E-state index in [1.165, 1.54) is 4.68 Å². The highest BCUT2D eigenvalue weighted by Gasteiger charge is 2.65. The molecule has 1 aromatic heterocycles. The van der Waals surface area contributed by atoms with E-state index in [1.54, 1.807) is 6.20 Å². The molecule has 0 aromatic carbocycles. The van der Waals surface area contributed by atoms with E-state index in [2.05, 4.69) is 38.1 Å². The standard InChI is InChI=1S/C14H22ClN3O/c1-8(2)18-11(19)10(15)9(7-16-18)17-12-13(3,4)14(12,5)6/h7-8,12,17H,1-6H3. The fourth-order valence-electron chi connectivity index (χ4n) is 2.63. The summed E-state index contributed by atoms with van der Waals surface area (Å²) in [6.45, 7) is 12.7. The van der Waals surface area contributed by atoms with E-state index in [0.29, 0.717) is 11.7 Å². The SMILES string of the molecule is CC(C)n1ncc(NC2C(C)(C)C2(C)C)c(Cl)c1=O. The van der Waals surface area contributed by atoms with Crippen LogP contribution in [-0.2, 0) is 0 Å². The molecule has 0 amide bonds. The van der Waals surface area contributed by atoms with E-state index in [0.717, 1.165) is 0 Å². The maximum absolute atomic E-state index is 12.1. The molecule has 5 heteroatoms. The summed E-state index contributed by atoms with van der Waals surface area (Å²) in [4.78, 5) is 12.1. The summed E-state index contributed by atoms with van der Waals surface area (Å²) in [6, 6.07) is 0.307.